The van der Waals surface area contributed by atoms with Crippen LogP contribution in [-0.4, -0.2) is 48.1 Å². The molecule has 1 heterocycles. The topological polar surface area (TPSA) is 63.5 Å². The normalized spacial score (nSPS) is 15.6. The maximum atomic E-state index is 5.95. The van der Waals surface area contributed by atoms with Gasteiger partial charge >= 0.3 is 0 Å². The number of aliphatic imine (C=N–C) groups is 1. The molecule has 7 heteroatoms. The lowest BCUT2D eigenvalue weighted by Crippen LogP contribution is -2.38. The van der Waals surface area contributed by atoms with Crippen molar-refractivity contribution in [2.75, 3.05) is 26.2 Å². The average Bonchev–Trinajstić information content (AvgIpc) is 3.12. The van der Waals surface area contributed by atoms with Crippen molar-refractivity contribution in [2.45, 2.75) is 64.5 Å². The van der Waals surface area contributed by atoms with E-state index in [1.807, 2.05) is 23.1 Å². The second-order valence-corrected chi connectivity index (χ2v) is 6.29. The van der Waals surface area contributed by atoms with E-state index in [1.54, 1.807) is 0 Å². The van der Waals surface area contributed by atoms with Crippen LogP contribution in [0, 0.1) is 0 Å². The van der Waals surface area contributed by atoms with Gasteiger partial charge in [0.25, 0.3) is 0 Å². The molecule has 0 aliphatic heterocycles. The molecule has 0 aromatic carbocycles. The second kappa shape index (κ2) is 14.4. The molecule has 144 valence electrons. The smallest absolute Gasteiger partial charge is 0.191 e. The Bertz CT molecular complexity index is 446. The Morgan fingerprint density at radius 2 is 2.08 bits per heavy atom. The van der Waals surface area contributed by atoms with Crippen LogP contribution in [0.4, 0.5) is 0 Å². The van der Waals surface area contributed by atoms with E-state index in [0.29, 0.717) is 6.10 Å². The molecular weight excluding hydrogens is 429 g/mol. The number of aryl methyl sites for hydroxylation is 1. The molecule has 1 aliphatic rings. The molecule has 0 radical (unpaired) electrons. The fourth-order valence-electron chi connectivity index (χ4n) is 2.96. The van der Waals surface area contributed by atoms with E-state index >= 15 is 0 Å². The third kappa shape index (κ3) is 10.0. The molecule has 1 aromatic rings. The highest BCUT2D eigenvalue weighted by Gasteiger charge is 2.12. The van der Waals surface area contributed by atoms with Crippen LogP contribution in [-0.2, 0) is 11.3 Å². The van der Waals surface area contributed by atoms with Crippen molar-refractivity contribution in [3.05, 3.63) is 18.5 Å². The molecule has 0 unspecified atom stereocenters. The highest BCUT2D eigenvalue weighted by molar-refractivity contribution is 14.0. The second-order valence-electron chi connectivity index (χ2n) is 6.29. The van der Waals surface area contributed by atoms with Crippen LogP contribution in [0.5, 0.6) is 0 Å². The molecule has 1 fully saturated rings. The molecule has 25 heavy (non-hydrogen) atoms. The van der Waals surface area contributed by atoms with Crippen LogP contribution in [0.2, 0.25) is 0 Å². The lowest BCUT2D eigenvalue weighted by molar-refractivity contribution is 0.0277. The van der Waals surface area contributed by atoms with E-state index in [0.717, 1.165) is 51.6 Å². The molecule has 1 saturated carbocycles. The maximum Gasteiger partial charge on any atom is 0.191 e. The molecule has 0 saturated heterocycles. The first-order valence-electron chi connectivity index (χ1n) is 9.49. The van der Waals surface area contributed by atoms with E-state index in [4.69, 9.17) is 4.74 Å². The van der Waals surface area contributed by atoms with Gasteiger partial charge in [-0.1, -0.05) is 19.3 Å². The van der Waals surface area contributed by atoms with Gasteiger partial charge < -0.3 is 15.4 Å². The zero-order chi connectivity index (χ0) is 16.9. The fraction of sp³-hybridized carbons (Fsp3) is 0.778. The Morgan fingerprint density at radius 1 is 1.24 bits per heavy atom. The fourth-order valence-corrected chi connectivity index (χ4v) is 2.96. The van der Waals surface area contributed by atoms with Crippen LogP contribution in [0.3, 0.4) is 0 Å². The van der Waals surface area contributed by atoms with E-state index < -0.39 is 0 Å². The van der Waals surface area contributed by atoms with Gasteiger partial charge in [-0.15, -0.1) is 24.0 Å². The van der Waals surface area contributed by atoms with E-state index in [-0.39, 0.29) is 24.0 Å². The largest absolute Gasteiger partial charge is 0.378 e. The van der Waals surface area contributed by atoms with Crippen molar-refractivity contribution >= 4 is 29.9 Å². The van der Waals surface area contributed by atoms with Crippen molar-refractivity contribution in [1.82, 2.24) is 20.4 Å². The Kier molecular flexibility index (Phi) is 12.8. The zero-order valence-corrected chi connectivity index (χ0v) is 17.8. The van der Waals surface area contributed by atoms with Crippen molar-refractivity contribution in [2.24, 2.45) is 4.99 Å². The summed E-state index contributed by atoms with van der Waals surface area (Å²) >= 11 is 0. The van der Waals surface area contributed by atoms with Gasteiger partial charge in [0.05, 0.1) is 6.10 Å². The Hall–Kier alpha value is -0.830. The number of aromatic nitrogens is 2. The first-order valence-corrected chi connectivity index (χ1v) is 9.49. The summed E-state index contributed by atoms with van der Waals surface area (Å²) in [6.45, 7) is 6.42. The minimum atomic E-state index is 0. The number of nitrogens with zero attached hydrogens (tertiary/aromatic N) is 3. The van der Waals surface area contributed by atoms with Gasteiger partial charge in [0.1, 0.15) is 0 Å². The summed E-state index contributed by atoms with van der Waals surface area (Å²) in [6.07, 6.45) is 12.8. The summed E-state index contributed by atoms with van der Waals surface area (Å²) in [5.74, 6) is 0.899. The quantitative estimate of drug-likeness (QED) is 0.242. The molecule has 0 bridgehead atoms. The molecule has 0 atom stereocenters. The minimum absolute atomic E-state index is 0. The van der Waals surface area contributed by atoms with Gasteiger partial charge in [-0.05, 0) is 38.7 Å². The highest BCUT2D eigenvalue weighted by atomic mass is 127. The van der Waals surface area contributed by atoms with Crippen LogP contribution in [0.1, 0.15) is 51.9 Å². The van der Waals surface area contributed by atoms with E-state index in [2.05, 4.69) is 27.6 Å². The van der Waals surface area contributed by atoms with Gasteiger partial charge in [-0.3, -0.25) is 9.67 Å². The van der Waals surface area contributed by atoms with Crippen LogP contribution in [0.15, 0.2) is 23.5 Å². The summed E-state index contributed by atoms with van der Waals surface area (Å²) < 4.78 is 7.90. The highest BCUT2D eigenvalue weighted by Crippen LogP contribution is 2.20. The molecule has 6 nitrogen and oxygen atoms in total. The van der Waals surface area contributed by atoms with Crippen LogP contribution >= 0.6 is 24.0 Å². The van der Waals surface area contributed by atoms with Gasteiger partial charge in [-0.25, -0.2) is 0 Å². The predicted molar refractivity (Wildman–Crippen MR) is 114 cm³/mol. The van der Waals surface area contributed by atoms with E-state index in [9.17, 15) is 0 Å². The van der Waals surface area contributed by atoms with Crippen molar-refractivity contribution in [3.8, 4) is 0 Å². The molecule has 0 spiro atoms. The molecule has 1 aromatic heterocycles. The number of rotatable bonds is 10. The Labute approximate surface area is 169 Å². The number of hydrogen-bond acceptors (Lipinski definition) is 3. The predicted octanol–water partition coefficient (Wildman–Crippen LogP) is 3.19. The average molecular weight is 463 g/mol. The Balaban J connectivity index is 0.00000312. The molecule has 0 amide bonds. The molecule has 2 N–H and O–H groups in total. The maximum absolute atomic E-state index is 5.95. The van der Waals surface area contributed by atoms with Gasteiger partial charge in [0.15, 0.2) is 5.96 Å². The summed E-state index contributed by atoms with van der Waals surface area (Å²) in [7, 11) is 0. The monoisotopic (exact) mass is 463 g/mol. The molecule has 2 rings (SSSR count). The summed E-state index contributed by atoms with van der Waals surface area (Å²) in [6, 6.07) is 1.95. The van der Waals surface area contributed by atoms with Crippen molar-refractivity contribution in [1.29, 1.82) is 0 Å². The standard InChI is InChI=1S/C18H33N5O.HI/c1-2-19-18(20-11-6-14-23-15-7-13-22-23)21-12-8-16-24-17-9-4-3-5-10-17;/h7,13,15,17H,2-6,8-12,14,16H2,1H3,(H2,19,20,21);1H. The molecule has 1 aliphatic carbocycles. The van der Waals surface area contributed by atoms with Gasteiger partial charge in [0, 0.05) is 45.2 Å². The first-order chi connectivity index (χ1) is 11.9. The number of guanidine groups is 1. The van der Waals surface area contributed by atoms with E-state index in [1.165, 1.54) is 32.1 Å². The van der Waals surface area contributed by atoms with Gasteiger partial charge in [0.2, 0.25) is 0 Å². The van der Waals surface area contributed by atoms with Crippen molar-refractivity contribution in [3.63, 3.8) is 0 Å². The SMILES string of the molecule is CCNC(=NCCCn1cccn1)NCCCOC1CCCCC1.I. The number of hydrogen-bond donors (Lipinski definition) is 2. The molecular formula is C18H34IN5O. The summed E-state index contributed by atoms with van der Waals surface area (Å²) in [4.78, 5) is 4.61. The lowest BCUT2D eigenvalue weighted by Gasteiger charge is -2.22. The third-order valence-corrected chi connectivity index (χ3v) is 4.24. The van der Waals surface area contributed by atoms with Crippen molar-refractivity contribution < 1.29 is 4.74 Å². The summed E-state index contributed by atoms with van der Waals surface area (Å²) in [5, 5.41) is 10.9. The van der Waals surface area contributed by atoms with Crippen LogP contribution < -0.4 is 10.6 Å². The lowest BCUT2D eigenvalue weighted by atomic mass is 9.98. The van der Waals surface area contributed by atoms with Crippen LogP contribution in [0.25, 0.3) is 0 Å². The zero-order valence-electron chi connectivity index (χ0n) is 15.5. The number of halogens is 1. The Morgan fingerprint density at radius 3 is 2.80 bits per heavy atom. The third-order valence-electron chi connectivity index (χ3n) is 4.24. The minimum Gasteiger partial charge on any atom is -0.378 e. The summed E-state index contributed by atoms with van der Waals surface area (Å²) in [5.41, 5.74) is 0. The van der Waals surface area contributed by atoms with Gasteiger partial charge in [-0.2, -0.15) is 5.10 Å². The number of ether oxygens (including phenoxy) is 1. The number of nitrogens with one attached hydrogen (secondary N) is 2. The first kappa shape index (κ1) is 22.2.